The first kappa shape index (κ1) is 24.1. The van der Waals surface area contributed by atoms with Gasteiger partial charge in [-0.25, -0.2) is 0 Å². The minimum Gasteiger partial charge on any atom is -0.490 e. The molecule has 0 bridgehead atoms. The number of ether oxygens (including phenoxy) is 2. The SMILES string of the molecule is Cc1cc(Cc2cc(C)c(OC3CCN(C)CC3)c(C)c2)cc(C)c1OC1CCN(C)CC1. The Kier molecular flexibility index (Phi) is 7.65. The molecule has 4 heteroatoms. The van der Waals surface area contributed by atoms with Crippen LogP contribution < -0.4 is 9.47 Å². The van der Waals surface area contributed by atoms with E-state index < -0.39 is 0 Å². The fraction of sp³-hybridized carbons (Fsp3) is 0.586. The van der Waals surface area contributed by atoms with Crippen molar-refractivity contribution in [1.82, 2.24) is 9.80 Å². The molecule has 0 aromatic heterocycles. The van der Waals surface area contributed by atoms with Crippen molar-refractivity contribution >= 4 is 0 Å². The standard InChI is InChI=1S/C29H42N2O2/c1-20-15-24(16-21(2)28(20)32-26-7-11-30(5)12-8-26)19-25-17-22(3)29(23(4)18-25)33-27-9-13-31(6)14-10-27/h15-18,26-27H,7-14,19H2,1-6H3. The maximum atomic E-state index is 6.46. The molecule has 0 spiro atoms. The van der Waals surface area contributed by atoms with Gasteiger partial charge in [0.25, 0.3) is 0 Å². The Morgan fingerprint density at radius 2 is 0.909 bits per heavy atom. The molecule has 0 amide bonds. The second-order valence-corrected chi connectivity index (χ2v) is 10.5. The van der Waals surface area contributed by atoms with Gasteiger partial charge in [0.05, 0.1) is 0 Å². The van der Waals surface area contributed by atoms with E-state index in [0.717, 1.165) is 69.8 Å². The van der Waals surface area contributed by atoms with Crippen LogP contribution in [0, 0.1) is 27.7 Å². The van der Waals surface area contributed by atoms with Gasteiger partial charge < -0.3 is 19.3 Å². The molecule has 0 unspecified atom stereocenters. The normalized spacial score (nSPS) is 19.1. The van der Waals surface area contributed by atoms with E-state index in [-0.39, 0.29) is 0 Å². The van der Waals surface area contributed by atoms with Crippen LogP contribution in [-0.2, 0) is 6.42 Å². The second kappa shape index (κ2) is 10.5. The van der Waals surface area contributed by atoms with Crippen molar-refractivity contribution in [2.24, 2.45) is 0 Å². The van der Waals surface area contributed by atoms with E-state index >= 15 is 0 Å². The third-order valence-electron chi connectivity index (χ3n) is 7.35. The van der Waals surface area contributed by atoms with E-state index in [1.807, 2.05) is 0 Å². The molecule has 0 aliphatic carbocycles. The lowest BCUT2D eigenvalue weighted by Crippen LogP contribution is -2.35. The molecule has 2 fully saturated rings. The molecule has 2 aliphatic rings. The van der Waals surface area contributed by atoms with Crippen LogP contribution in [0.3, 0.4) is 0 Å². The molecule has 180 valence electrons. The molecular weight excluding hydrogens is 408 g/mol. The molecular formula is C29H42N2O2. The van der Waals surface area contributed by atoms with Crippen LogP contribution in [0.5, 0.6) is 11.5 Å². The largest absolute Gasteiger partial charge is 0.490 e. The van der Waals surface area contributed by atoms with Crippen LogP contribution in [-0.4, -0.2) is 62.3 Å². The van der Waals surface area contributed by atoms with Crippen molar-refractivity contribution in [3.05, 3.63) is 57.6 Å². The molecule has 2 aromatic rings. The maximum Gasteiger partial charge on any atom is 0.125 e. The van der Waals surface area contributed by atoms with Gasteiger partial charge in [0.15, 0.2) is 0 Å². The summed E-state index contributed by atoms with van der Waals surface area (Å²) in [5.41, 5.74) is 7.70. The number of aryl methyl sites for hydroxylation is 4. The summed E-state index contributed by atoms with van der Waals surface area (Å²) in [5, 5.41) is 0. The Labute approximate surface area is 200 Å². The Balaban J connectivity index is 1.44. The van der Waals surface area contributed by atoms with E-state index in [4.69, 9.17) is 9.47 Å². The molecule has 0 N–H and O–H groups in total. The highest BCUT2D eigenvalue weighted by Gasteiger charge is 2.21. The average Bonchev–Trinajstić information content (AvgIpc) is 2.76. The predicted molar refractivity (Wildman–Crippen MR) is 137 cm³/mol. The number of nitrogens with zero attached hydrogens (tertiary/aromatic N) is 2. The molecule has 4 nitrogen and oxygen atoms in total. The zero-order valence-corrected chi connectivity index (χ0v) is 21.5. The number of hydrogen-bond acceptors (Lipinski definition) is 4. The molecule has 0 atom stereocenters. The van der Waals surface area contributed by atoms with Crippen molar-refractivity contribution in [3.8, 4) is 11.5 Å². The van der Waals surface area contributed by atoms with Crippen LogP contribution in [0.2, 0.25) is 0 Å². The van der Waals surface area contributed by atoms with Crippen LogP contribution in [0.15, 0.2) is 24.3 Å². The highest BCUT2D eigenvalue weighted by atomic mass is 16.5. The van der Waals surface area contributed by atoms with E-state index in [9.17, 15) is 0 Å². The summed E-state index contributed by atoms with van der Waals surface area (Å²) in [7, 11) is 4.39. The van der Waals surface area contributed by atoms with Crippen molar-refractivity contribution in [3.63, 3.8) is 0 Å². The first-order chi connectivity index (χ1) is 15.8. The van der Waals surface area contributed by atoms with Gasteiger partial charge in [-0.2, -0.15) is 0 Å². The zero-order valence-electron chi connectivity index (χ0n) is 21.5. The fourth-order valence-electron chi connectivity index (χ4n) is 5.43. The third kappa shape index (κ3) is 6.10. The summed E-state index contributed by atoms with van der Waals surface area (Å²) in [6, 6.07) is 9.24. The summed E-state index contributed by atoms with van der Waals surface area (Å²) in [6.07, 6.45) is 6.07. The monoisotopic (exact) mass is 450 g/mol. The lowest BCUT2D eigenvalue weighted by molar-refractivity contribution is 0.113. The van der Waals surface area contributed by atoms with E-state index in [2.05, 4.69) is 75.9 Å². The summed E-state index contributed by atoms with van der Waals surface area (Å²) in [5.74, 6) is 2.17. The number of likely N-dealkylation sites (tertiary alicyclic amines) is 2. The van der Waals surface area contributed by atoms with E-state index in [1.165, 1.54) is 33.4 Å². The van der Waals surface area contributed by atoms with Gasteiger partial charge in [0, 0.05) is 26.2 Å². The molecule has 2 heterocycles. The lowest BCUT2D eigenvalue weighted by atomic mass is 9.96. The van der Waals surface area contributed by atoms with Gasteiger partial charge in [0.1, 0.15) is 23.7 Å². The fourth-order valence-corrected chi connectivity index (χ4v) is 5.43. The van der Waals surface area contributed by atoms with Crippen molar-refractivity contribution < 1.29 is 9.47 Å². The summed E-state index contributed by atoms with van der Waals surface area (Å²) in [4.78, 5) is 4.77. The Morgan fingerprint density at radius 3 is 1.21 bits per heavy atom. The Morgan fingerprint density at radius 1 is 0.606 bits per heavy atom. The first-order valence-corrected chi connectivity index (χ1v) is 12.7. The Bertz CT molecular complexity index is 831. The van der Waals surface area contributed by atoms with Gasteiger partial charge in [-0.1, -0.05) is 24.3 Å². The minimum absolute atomic E-state index is 0.340. The molecule has 4 rings (SSSR count). The van der Waals surface area contributed by atoms with E-state index in [1.54, 1.807) is 0 Å². The summed E-state index contributed by atoms with van der Waals surface area (Å²) < 4.78 is 12.9. The van der Waals surface area contributed by atoms with Crippen LogP contribution in [0.4, 0.5) is 0 Å². The molecule has 0 saturated carbocycles. The first-order valence-electron chi connectivity index (χ1n) is 12.7. The topological polar surface area (TPSA) is 24.9 Å². The molecule has 2 aromatic carbocycles. The second-order valence-electron chi connectivity index (χ2n) is 10.5. The van der Waals surface area contributed by atoms with Gasteiger partial charge in [-0.3, -0.25) is 0 Å². The van der Waals surface area contributed by atoms with Crippen molar-refractivity contribution in [2.45, 2.75) is 72.0 Å². The van der Waals surface area contributed by atoms with Gasteiger partial charge in [0.2, 0.25) is 0 Å². The third-order valence-corrected chi connectivity index (χ3v) is 7.35. The van der Waals surface area contributed by atoms with Crippen molar-refractivity contribution in [2.75, 3.05) is 40.3 Å². The van der Waals surface area contributed by atoms with Gasteiger partial charge >= 0.3 is 0 Å². The smallest absolute Gasteiger partial charge is 0.125 e. The number of rotatable bonds is 6. The molecule has 0 radical (unpaired) electrons. The number of piperidine rings is 2. The van der Waals surface area contributed by atoms with Crippen molar-refractivity contribution in [1.29, 1.82) is 0 Å². The van der Waals surface area contributed by atoms with Crippen LogP contribution >= 0.6 is 0 Å². The summed E-state index contributed by atoms with van der Waals surface area (Å²) in [6.45, 7) is 13.2. The van der Waals surface area contributed by atoms with Gasteiger partial charge in [-0.15, -0.1) is 0 Å². The number of benzene rings is 2. The maximum absolute atomic E-state index is 6.46. The van der Waals surface area contributed by atoms with Crippen LogP contribution in [0.1, 0.15) is 59.1 Å². The molecule has 33 heavy (non-hydrogen) atoms. The highest BCUT2D eigenvalue weighted by molar-refractivity contribution is 5.48. The average molecular weight is 451 g/mol. The summed E-state index contributed by atoms with van der Waals surface area (Å²) >= 11 is 0. The quantitative estimate of drug-likeness (QED) is 0.584. The van der Waals surface area contributed by atoms with Crippen LogP contribution in [0.25, 0.3) is 0 Å². The van der Waals surface area contributed by atoms with E-state index in [0.29, 0.717) is 12.2 Å². The molecule has 2 saturated heterocycles. The highest BCUT2D eigenvalue weighted by Crippen LogP contribution is 2.31. The lowest BCUT2D eigenvalue weighted by Gasteiger charge is -2.30. The van der Waals surface area contributed by atoms with Gasteiger partial charge in [-0.05, 0) is 107 Å². The molecule has 2 aliphatic heterocycles. The predicted octanol–water partition coefficient (Wildman–Crippen LogP) is 5.46. The zero-order chi connectivity index (χ0) is 23.5. The minimum atomic E-state index is 0.340. The Hall–Kier alpha value is -2.04. The number of hydrogen-bond donors (Lipinski definition) is 0.